The molecule has 0 aliphatic heterocycles. The molecule has 0 fully saturated rings. The molecule has 0 unspecified atom stereocenters. The summed E-state index contributed by atoms with van der Waals surface area (Å²) >= 11 is 0. The Morgan fingerprint density at radius 1 is 1.07 bits per heavy atom. The molecular formula is C20H14FN3O3. The summed E-state index contributed by atoms with van der Waals surface area (Å²) in [6.07, 6.45) is 1.16. The average Bonchev–Trinajstić information content (AvgIpc) is 3.18. The first-order chi connectivity index (χ1) is 13.2. The zero-order valence-corrected chi connectivity index (χ0v) is 14.3. The SMILES string of the molecule is COc1ccc(-c2cc3c(N(F)C(=O)c4ccccc4)ncnc3o2)cc1. The van der Waals surface area contributed by atoms with E-state index in [2.05, 4.69) is 9.97 Å². The van der Waals surface area contributed by atoms with Crippen molar-refractivity contribution < 1.29 is 18.4 Å². The summed E-state index contributed by atoms with van der Waals surface area (Å²) in [5, 5.41) is 0.308. The highest BCUT2D eigenvalue weighted by Gasteiger charge is 2.23. The van der Waals surface area contributed by atoms with E-state index in [1.807, 2.05) is 12.1 Å². The molecule has 0 aliphatic rings. The highest BCUT2D eigenvalue weighted by Crippen LogP contribution is 2.32. The van der Waals surface area contributed by atoms with Crippen LogP contribution in [-0.2, 0) is 0 Å². The number of hydrogen-bond donors (Lipinski definition) is 0. The Balaban J connectivity index is 1.73. The van der Waals surface area contributed by atoms with E-state index in [4.69, 9.17) is 9.15 Å². The first kappa shape index (κ1) is 16.7. The van der Waals surface area contributed by atoms with Crippen molar-refractivity contribution in [3.63, 3.8) is 0 Å². The Morgan fingerprint density at radius 2 is 1.81 bits per heavy atom. The Labute approximate surface area is 153 Å². The Hall–Kier alpha value is -3.74. The molecule has 0 N–H and O–H groups in total. The summed E-state index contributed by atoms with van der Waals surface area (Å²) in [5.41, 5.74) is 1.17. The van der Waals surface area contributed by atoms with Gasteiger partial charge in [-0.25, -0.2) is 9.97 Å². The van der Waals surface area contributed by atoms with E-state index in [9.17, 15) is 9.28 Å². The fourth-order valence-corrected chi connectivity index (χ4v) is 2.69. The number of nitrogens with zero attached hydrogens (tertiary/aromatic N) is 3. The van der Waals surface area contributed by atoms with Crippen molar-refractivity contribution >= 4 is 22.8 Å². The summed E-state index contributed by atoms with van der Waals surface area (Å²) in [4.78, 5) is 20.3. The van der Waals surface area contributed by atoms with Gasteiger partial charge in [-0.15, -0.1) is 5.12 Å². The number of amides is 1. The van der Waals surface area contributed by atoms with Crippen molar-refractivity contribution in [2.45, 2.75) is 0 Å². The molecule has 0 saturated carbocycles. The Bertz CT molecular complexity index is 1090. The Morgan fingerprint density at radius 3 is 2.52 bits per heavy atom. The minimum atomic E-state index is -0.817. The monoisotopic (exact) mass is 363 g/mol. The minimum Gasteiger partial charge on any atom is -0.497 e. The van der Waals surface area contributed by atoms with Crippen LogP contribution in [0.5, 0.6) is 5.75 Å². The van der Waals surface area contributed by atoms with E-state index in [0.717, 1.165) is 11.9 Å². The van der Waals surface area contributed by atoms with Gasteiger partial charge in [-0.2, -0.15) is 0 Å². The first-order valence-corrected chi connectivity index (χ1v) is 8.11. The van der Waals surface area contributed by atoms with Crippen LogP contribution in [0.2, 0.25) is 0 Å². The number of methoxy groups -OCH3 is 1. The Kier molecular flexibility index (Phi) is 4.25. The maximum atomic E-state index is 14.8. The molecular weight excluding hydrogens is 349 g/mol. The molecule has 0 radical (unpaired) electrons. The number of hydrogen-bond acceptors (Lipinski definition) is 5. The largest absolute Gasteiger partial charge is 0.497 e. The maximum Gasteiger partial charge on any atom is 0.287 e. The van der Waals surface area contributed by atoms with Gasteiger partial charge in [0.1, 0.15) is 17.8 Å². The van der Waals surface area contributed by atoms with Crippen molar-refractivity contribution in [2.24, 2.45) is 0 Å². The van der Waals surface area contributed by atoms with Crippen LogP contribution in [0.25, 0.3) is 22.4 Å². The third kappa shape index (κ3) is 3.10. The van der Waals surface area contributed by atoms with Crippen LogP contribution in [0.3, 0.4) is 0 Å². The van der Waals surface area contributed by atoms with Crippen LogP contribution < -0.4 is 9.86 Å². The van der Waals surface area contributed by atoms with Crippen molar-refractivity contribution in [1.82, 2.24) is 9.97 Å². The number of rotatable bonds is 4. The molecule has 2 aromatic carbocycles. The number of carbonyl (C=O) groups excluding carboxylic acids is 1. The topological polar surface area (TPSA) is 68.5 Å². The van der Waals surface area contributed by atoms with Gasteiger partial charge in [0.05, 0.1) is 12.5 Å². The number of benzene rings is 2. The zero-order chi connectivity index (χ0) is 18.8. The molecule has 6 nitrogen and oxygen atoms in total. The first-order valence-electron chi connectivity index (χ1n) is 8.11. The lowest BCUT2D eigenvalue weighted by atomic mass is 10.1. The highest BCUT2D eigenvalue weighted by molar-refractivity contribution is 6.07. The van der Waals surface area contributed by atoms with Crippen molar-refractivity contribution in [1.29, 1.82) is 0 Å². The zero-order valence-electron chi connectivity index (χ0n) is 14.3. The smallest absolute Gasteiger partial charge is 0.287 e. The second-order valence-corrected chi connectivity index (χ2v) is 5.71. The van der Waals surface area contributed by atoms with E-state index < -0.39 is 5.91 Å². The fraction of sp³-hybridized carbons (Fsp3) is 0.0500. The van der Waals surface area contributed by atoms with Crippen LogP contribution in [0.15, 0.2) is 71.4 Å². The molecule has 2 aromatic heterocycles. The quantitative estimate of drug-likeness (QED) is 0.502. The number of aromatic nitrogens is 2. The van der Waals surface area contributed by atoms with Gasteiger partial charge >= 0.3 is 0 Å². The summed E-state index contributed by atoms with van der Waals surface area (Å²) in [7, 11) is 1.58. The molecule has 2 heterocycles. The van der Waals surface area contributed by atoms with Gasteiger partial charge in [-0.3, -0.25) is 4.79 Å². The van der Waals surface area contributed by atoms with Gasteiger partial charge in [-0.1, -0.05) is 22.7 Å². The molecule has 0 aliphatic carbocycles. The third-order valence-electron chi connectivity index (χ3n) is 4.07. The predicted octanol–water partition coefficient (Wildman–Crippen LogP) is 4.43. The van der Waals surface area contributed by atoms with E-state index in [1.165, 1.54) is 12.1 Å². The molecule has 1 amide bonds. The molecule has 0 saturated heterocycles. The standard InChI is InChI=1S/C20H14FN3O3/c1-26-15-9-7-13(8-10-15)17-11-16-18(22-12-23-19(16)27-17)24(21)20(25)14-5-3-2-4-6-14/h2-12H,1H3. The lowest BCUT2D eigenvalue weighted by Gasteiger charge is -2.11. The van der Waals surface area contributed by atoms with Crippen molar-refractivity contribution in [3.05, 3.63) is 72.6 Å². The summed E-state index contributed by atoms with van der Waals surface area (Å²) in [5.74, 6) is 0.203. The van der Waals surface area contributed by atoms with Gasteiger partial charge in [-0.05, 0) is 42.5 Å². The van der Waals surface area contributed by atoms with Crippen molar-refractivity contribution in [3.8, 4) is 17.1 Å². The van der Waals surface area contributed by atoms with E-state index in [0.29, 0.717) is 16.9 Å². The fourth-order valence-electron chi connectivity index (χ4n) is 2.69. The molecule has 134 valence electrons. The summed E-state index contributed by atoms with van der Waals surface area (Å²) in [6, 6.07) is 16.9. The minimum absolute atomic E-state index is 0.00662. The molecule has 7 heteroatoms. The number of anilines is 1. The van der Waals surface area contributed by atoms with Gasteiger partial charge in [0, 0.05) is 11.1 Å². The second-order valence-electron chi connectivity index (χ2n) is 5.71. The highest BCUT2D eigenvalue weighted by atomic mass is 19.2. The van der Waals surface area contributed by atoms with Crippen LogP contribution >= 0.6 is 0 Å². The number of carbonyl (C=O) groups is 1. The van der Waals surface area contributed by atoms with Crippen LogP contribution in [-0.4, -0.2) is 23.0 Å². The molecule has 0 bridgehead atoms. The van der Waals surface area contributed by atoms with Gasteiger partial charge in [0.2, 0.25) is 5.71 Å². The van der Waals surface area contributed by atoms with Gasteiger partial charge in [0.15, 0.2) is 5.82 Å². The van der Waals surface area contributed by atoms with E-state index in [-0.39, 0.29) is 22.2 Å². The summed E-state index contributed by atoms with van der Waals surface area (Å²) in [6.45, 7) is 0. The van der Waals surface area contributed by atoms with Crippen LogP contribution in [0.4, 0.5) is 10.3 Å². The number of furan rings is 1. The molecule has 0 atom stereocenters. The van der Waals surface area contributed by atoms with Crippen LogP contribution in [0.1, 0.15) is 10.4 Å². The lowest BCUT2D eigenvalue weighted by Crippen LogP contribution is -2.23. The number of fused-ring (bicyclic) bond motifs is 1. The van der Waals surface area contributed by atoms with E-state index >= 15 is 0 Å². The van der Waals surface area contributed by atoms with Gasteiger partial charge < -0.3 is 9.15 Å². The normalized spacial score (nSPS) is 10.7. The van der Waals surface area contributed by atoms with Gasteiger partial charge in [0.25, 0.3) is 5.91 Å². The molecule has 27 heavy (non-hydrogen) atoms. The number of ether oxygens (including phenoxy) is 1. The van der Waals surface area contributed by atoms with E-state index in [1.54, 1.807) is 43.5 Å². The lowest BCUT2D eigenvalue weighted by molar-refractivity contribution is 0.0930. The summed E-state index contributed by atoms with van der Waals surface area (Å²) < 4.78 is 25.6. The molecule has 0 spiro atoms. The third-order valence-corrected chi connectivity index (χ3v) is 4.07. The second kappa shape index (κ2) is 6.87. The molecule has 4 aromatic rings. The van der Waals surface area contributed by atoms with Crippen molar-refractivity contribution in [2.75, 3.05) is 12.2 Å². The number of halogens is 1. The molecule has 4 rings (SSSR count). The van der Waals surface area contributed by atoms with Crippen LogP contribution in [0, 0.1) is 0 Å². The average molecular weight is 363 g/mol. The maximum absolute atomic E-state index is 14.8. The predicted molar refractivity (Wildman–Crippen MR) is 98.2 cm³/mol.